The van der Waals surface area contributed by atoms with Crippen molar-refractivity contribution in [3.63, 3.8) is 0 Å². The van der Waals surface area contributed by atoms with Crippen LogP contribution in [0.3, 0.4) is 0 Å². The smallest absolute Gasteiger partial charge is 0.262 e. The number of fused-ring (bicyclic) bond motifs is 1. The SMILES string of the molecule is COCCn1c(S[C@@H](C(=O)Nc2ccc(F)cc2)c2ccccc2)nc2ccccc2c1=O. The van der Waals surface area contributed by atoms with E-state index in [9.17, 15) is 14.0 Å². The van der Waals surface area contributed by atoms with Crippen LogP contribution >= 0.6 is 11.8 Å². The van der Waals surface area contributed by atoms with Crippen molar-refractivity contribution in [3.8, 4) is 0 Å². The van der Waals surface area contributed by atoms with Crippen LogP contribution in [0.4, 0.5) is 10.1 Å². The molecule has 0 bridgehead atoms. The van der Waals surface area contributed by atoms with Gasteiger partial charge in [-0.2, -0.15) is 0 Å². The van der Waals surface area contributed by atoms with Gasteiger partial charge in [-0.25, -0.2) is 9.37 Å². The van der Waals surface area contributed by atoms with Crippen molar-refractivity contribution in [2.24, 2.45) is 0 Å². The van der Waals surface area contributed by atoms with Gasteiger partial charge < -0.3 is 10.1 Å². The minimum absolute atomic E-state index is 0.189. The molecule has 4 aromatic rings. The molecule has 3 aromatic carbocycles. The van der Waals surface area contributed by atoms with Crippen LogP contribution in [0.15, 0.2) is 88.8 Å². The molecule has 8 heteroatoms. The molecule has 1 N–H and O–H groups in total. The van der Waals surface area contributed by atoms with Crippen molar-refractivity contribution in [1.29, 1.82) is 0 Å². The lowest BCUT2D eigenvalue weighted by molar-refractivity contribution is -0.115. The third-order valence-electron chi connectivity index (χ3n) is 5.02. The normalized spacial score (nSPS) is 11.9. The molecule has 0 fully saturated rings. The Hall–Kier alpha value is -3.49. The maximum absolute atomic E-state index is 13.3. The van der Waals surface area contributed by atoms with Gasteiger partial charge in [-0.15, -0.1) is 0 Å². The van der Waals surface area contributed by atoms with Crippen molar-refractivity contribution in [1.82, 2.24) is 9.55 Å². The Labute approximate surface area is 194 Å². The number of aromatic nitrogens is 2. The number of carbonyl (C=O) groups excluding carboxylic acids is 1. The third-order valence-corrected chi connectivity index (χ3v) is 6.27. The van der Waals surface area contributed by atoms with Gasteiger partial charge in [0.25, 0.3) is 5.56 Å². The number of hydrogen-bond acceptors (Lipinski definition) is 5. The molecule has 0 spiro atoms. The fourth-order valence-electron chi connectivity index (χ4n) is 3.36. The number of anilines is 1. The second-order valence-corrected chi connectivity index (χ2v) is 8.34. The molecule has 0 aliphatic rings. The van der Waals surface area contributed by atoms with E-state index in [2.05, 4.69) is 5.32 Å². The highest BCUT2D eigenvalue weighted by atomic mass is 32.2. The molecule has 0 saturated heterocycles. The lowest BCUT2D eigenvalue weighted by atomic mass is 10.1. The van der Waals surface area contributed by atoms with Crippen molar-refractivity contribution in [2.45, 2.75) is 17.0 Å². The summed E-state index contributed by atoms with van der Waals surface area (Å²) in [6.45, 7) is 0.627. The molecule has 0 aliphatic heterocycles. The van der Waals surface area contributed by atoms with E-state index in [1.807, 2.05) is 36.4 Å². The quantitative estimate of drug-likeness (QED) is 0.304. The fourth-order valence-corrected chi connectivity index (χ4v) is 4.49. The number of para-hydroxylation sites is 1. The molecule has 0 radical (unpaired) electrons. The summed E-state index contributed by atoms with van der Waals surface area (Å²) in [5, 5.41) is 3.06. The Kier molecular flexibility index (Phi) is 7.16. The summed E-state index contributed by atoms with van der Waals surface area (Å²) >= 11 is 1.19. The second-order valence-electron chi connectivity index (χ2n) is 7.27. The van der Waals surface area contributed by atoms with Crippen LogP contribution in [0.1, 0.15) is 10.8 Å². The monoisotopic (exact) mass is 463 g/mol. The van der Waals surface area contributed by atoms with Crippen molar-refractivity contribution in [2.75, 3.05) is 19.0 Å². The summed E-state index contributed by atoms with van der Waals surface area (Å²) in [5.41, 5.74) is 1.60. The van der Waals surface area contributed by atoms with Gasteiger partial charge in [0.05, 0.1) is 24.1 Å². The number of hydrogen-bond donors (Lipinski definition) is 1. The Morgan fingerprint density at radius 2 is 1.76 bits per heavy atom. The number of carbonyl (C=O) groups is 1. The molecule has 1 heterocycles. The minimum Gasteiger partial charge on any atom is -0.383 e. The van der Waals surface area contributed by atoms with Crippen molar-refractivity contribution in [3.05, 3.63) is 101 Å². The predicted molar refractivity (Wildman–Crippen MR) is 128 cm³/mol. The maximum atomic E-state index is 13.3. The van der Waals surface area contributed by atoms with Crippen LogP contribution in [0.25, 0.3) is 10.9 Å². The summed E-state index contributed by atoms with van der Waals surface area (Å²) in [6.07, 6.45) is 0. The number of benzene rings is 3. The molecule has 4 rings (SSSR count). The van der Waals surface area contributed by atoms with Gasteiger partial charge in [0.2, 0.25) is 5.91 Å². The van der Waals surface area contributed by atoms with E-state index in [1.165, 1.54) is 40.6 Å². The number of nitrogens with one attached hydrogen (secondary N) is 1. The summed E-state index contributed by atoms with van der Waals surface area (Å²) < 4.78 is 20.0. The molecular weight excluding hydrogens is 441 g/mol. The van der Waals surface area contributed by atoms with E-state index in [-0.39, 0.29) is 17.3 Å². The van der Waals surface area contributed by atoms with Crippen LogP contribution in [-0.2, 0) is 16.1 Å². The molecule has 1 aromatic heterocycles. The molecule has 168 valence electrons. The number of ether oxygens (including phenoxy) is 1. The number of rotatable bonds is 8. The lowest BCUT2D eigenvalue weighted by Crippen LogP contribution is -2.26. The first kappa shape index (κ1) is 22.7. The molecule has 1 atom stereocenters. The van der Waals surface area contributed by atoms with E-state index in [0.29, 0.717) is 34.9 Å². The highest BCUT2D eigenvalue weighted by molar-refractivity contribution is 8.00. The van der Waals surface area contributed by atoms with E-state index in [4.69, 9.17) is 9.72 Å². The standard InChI is InChI=1S/C25H22FN3O3S/c1-32-16-15-29-24(31)20-9-5-6-10-21(20)28-25(29)33-22(17-7-3-2-4-8-17)23(30)27-19-13-11-18(26)12-14-19/h2-14,22H,15-16H2,1H3,(H,27,30)/t22-/m1/s1. The van der Waals surface area contributed by atoms with Gasteiger partial charge in [-0.05, 0) is 42.0 Å². The molecule has 0 saturated carbocycles. The zero-order valence-corrected chi connectivity index (χ0v) is 18.7. The highest BCUT2D eigenvalue weighted by Gasteiger charge is 2.25. The van der Waals surface area contributed by atoms with E-state index in [0.717, 1.165) is 5.56 Å². The van der Waals surface area contributed by atoms with Gasteiger partial charge in [0.1, 0.15) is 11.1 Å². The van der Waals surface area contributed by atoms with Crippen LogP contribution in [0, 0.1) is 5.82 Å². The third kappa shape index (κ3) is 5.30. The molecule has 1 amide bonds. The lowest BCUT2D eigenvalue weighted by Gasteiger charge is -2.19. The van der Waals surface area contributed by atoms with Gasteiger partial charge in [-0.1, -0.05) is 54.2 Å². The molecule has 6 nitrogen and oxygen atoms in total. The maximum Gasteiger partial charge on any atom is 0.262 e. The van der Waals surface area contributed by atoms with Gasteiger partial charge >= 0.3 is 0 Å². The second kappa shape index (κ2) is 10.4. The number of nitrogens with zero attached hydrogens (tertiary/aromatic N) is 2. The highest BCUT2D eigenvalue weighted by Crippen LogP contribution is 2.35. The van der Waals surface area contributed by atoms with Gasteiger partial charge in [-0.3, -0.25) is 14.2 Å². The summed E-state index contributed by atoms with van der Waals surface area (Å²) in [4.78, 5) is 31.2. The average molecular weight is 464 g/mol. The number of thioether (sulfide) groups is 1. The number of halogens is 1. The van der Waals surface area contributed by atoms with E-state index in [1.54, 1.807) is 25.3 Å². The molecule has 33 heavy (non-hydrogen) atoms. The van der Waals surface area contributed by atoms with Crippen LogP contribution in [0.2, 0.25) is 0 Å². The first-order valence-corrected chi connectivity index (χ1v) is 11.2. The Bertz CT molecular complexity index is 1310. The van der Waals surface area contributed by atoms with Crippen LogP contribution in [-0.4, -0.2) is 29.2 Å². The Morgan fingerprint density at radius 1 is 1.06 bits per heavy atom. The first-order valence-electron chi connectivity index (χ1n) is 10.3. The summed E-state index contributed by atoms with van der Waals surface area (Å²) in [7, 11) is 1.56. The molecular formula is C25H22FN3O3S. The van der Waals surface area contributed by atoms with Crippen LogP contribution in [0.5, 0.6) is 0 Å². The fraction of sp³-hybridized carbons (Fsp3) is 0.160. The largest absolute Gasteiger partial charge is 0.383 e. The van der Waals surface area contributed by atoms with Crippen molar-refractivity contribution < 1.29 is 13.9 Å². The Morgan fingerprint density at radius 3 is 2.48 bits per heavy atom. The number of methoxy groups -OCH3 is 1. The van der Waals surface area contributed by atoms with Crippen molar-refractivity contribution >= 4 is 34.3 Å². The van der Waals surface area contributed by atoms with Crippen LogP contribution < -0.4 is 10.9 Å². The first-order chi connectivity index (χ1) is 16.1. The Balaban J connectivity index is 1.74. The zero-order valence-electron chi connectivity index (χ0n) is 17.9. The topological polar surface area (TPSA) is 73.2 Å². The summed E-state index contributed by atoms with van der Waals surface area (Å²) in [5.74, 6) is -0.692. The minimum atomic E-state index is -0.696. The predicted octanol–water partition coefficient (Wildman–Crippen LogP) is 4.65. The molecule has 0 aliphatic carbocycles. The van der Waals surface area contributed by atoms with Gasteiger partial charge in [0.15, 0.2) is 5.16 Å². The summed E-state index contributed by atoms with van der Waals surface area (Å²) in [6, 6.07) is 22.0. The number of amides is 1. The van der Waals surface area contributed by atoms with E-state index < -0.39 is 5.25 Å². The zero-order chi connectivity index (χ0) is 23.2. The average Bonchev–Trinajstić information content (AvgIpc) is 2.84. The molecule has 0 unspecified atom stereocenters. The van der Waals surface area contributed by atoms with E-state index >= 15 is 0 Å². The van der Waals surface area contributed by atoms with Gasteiger partial charge in [0, 0.05) is 12.8 Å².